The zero-order valence-corrected chi connectivity index (χ0v) is 17.0. The minimum atomic E-state index is -0.625. The van der Waals surface area contributed by atoms with E-state index in [1.165, 1.54) is 25.6 Å². The maximum atomic E-state index is 11.9. The summed E-state index contributed by atoms with van der Waals surface area (Å²) in [6, 6.07) is 1.34. The quantitative estimate of drug-likeness (QED) is 0.361. The number of carbonyl (C=O) groups is 2. The molecule has 3 heterocycles. The second-order valence-corrected chi connectivity index (χ2v) is 6.62. The second kappa shape index (κ2) is 9.78. The van der Waals surface area contributed by atoms with Crippen molar-refractivity contribution < 1.29 is 28.7 Å². The van der Waals surface area contributed by atoms with Crippen molar-refractivity contribution in [3.05, 3.63) is 40.5 Å². The smallest absolute Gasteiger partial charge is 0.373 e. The molecule has 1 fully saturated rings. The van der Waals surface area contributed by atoms with Gasteiger partial charge < -0.3 is 19.1 Å². The molecule has 0 spiro atoms. The Hall–Kier alpha value is -3.83. The topological polar surface area (TPSA) is 147 Å². The van der Waals surface area contributed by atoms with Crippen LogP contribution in [0.25, 0.3) is 0 Å². The molecular weight excluding hydrogens is 410 g/mol. The maximum absolute atomic E-state index is 11.9. The van der Waals surface area contributed by atoms with Crippen molar-refractivity contribution in [3.8, 4) is 11.6 Å². The first-order valence-corrected chi connectivity index (χ1v) is 9.56. The number of hydrogen-bond acceptors (Lipinski definition) is 11. The Morgan fingerprint density at radius 1 is 1.26 bits per heavy atom. The predicted octanol–water partition coefficient (Wildman–Crippen LogP) is 2.14. The van der Waals surface area contributed by atoms with E-state index < -0.39 is 16.6 Å². The normalized spacial score (nSPS) is 14.1. The number of nitrogens with zero attached hydrogens (tertiary/aromatic N) is 5. The summed E-state index contributed by atoms with van der Waals surface area (Å²) in [4.78, 5) is 48.4. The molecule has 0 N–H and O–H groups in total. The first-order chi connectivity index (χ1) is 14.9. The van der Waals surface area contributed by atoms with Gasteiger partial charge in [0.2, 0.25) is 5.82 Å². The molecule has 0 aromatic carbocycles. The van der Waals surface area contributed by atoms with Crippen LogP contribution in [0.5, 0.6) is 11.6 Å². The molecule has 0 bridgehead atoms. The lowest BCUT2D eigenvalue weighted by Crippen LogP contribution is -2.37. The number of pyridine rings is 1. The molecule has 0 amide bonds. The molecule has 164 valence electrons. The molecule has 1 saturated heterocycles. The van der Waals surface area contributed by atoms with Crippen molar-refractivity contribution in [2.24, 2.45) is 5.92 Å². The van der Waals surface area contributed by atoms with E-state index in [1.807, 2.05) is 0 Å². The zero-order valence-electron chi connectivity index (χ0n) is 17.0. The Balaban J connectivity index is 1.83. The Kier molecular flexibility index (Phi) is 6.90. The first kappa shape index (κ1) is 21.9. The third-order valence-electron chi connectivity index (χ3n) is 4.72. The van der Waals surface area contributed by atoms with E-state index in [2.05, 4.69) is 19.7 Å². The summed E-state index contributed by atoms with van der Waals surface area (Å²) in [7, 11) is 1.22. The van der Waals surface area contributed by atoms with Gasteiger partial charge in [-0.05, 0) is 25.8 Å². The molecule has 0 atom stereocenters. The first-order valence-electron chi connectivity index (χ1n) is 9.56. The van der Waals surface area contributed by atoms with Crippen LogP contribution < -0.4 is 9.64 Å². The van der Waals surface area contributed by atoms with E-state index in [-0.39, 0.29) is 34.9 Å². The van der Waals surface area contributed by atoms with Crippen LogP contribution in [0.4, 0.5) is 11.5 Å². The lowest BCUT2D eigenvalue weighted by Gasteiger charge is -2.31. The third-order valence-corrected chi connectivity index (χ3v) is 4.72. The molecule has 0 radical (unpaired) electrons. The SMILES string of the molecule is CCOC(=O)C1CCN(c2ncnc(Oc3cncc(C(=O)OC)c3)c2[N+](=O)[O-])CC1. The van der Waals surface area contributed by atoms with Gasteiger partial charge in [0.1, 0.15) is 12.1 Å². The summed E-state index contributed by atoms with van der Waals surface area (Å²) in [6.45, 7) is 2.83. The number of nitro groups is 1. The van der Waals surface area contributed by atoms with E-state index in [0.29, 0.717) is 32.5 Å². The largest absolute Gasteiger partial charge is 0.466 e. The number of carbonyl (C=O) groups excluding carboxylic acids is 2. The van der Waals surface area contributed by atoms with Crippen LogP contribution >= 0.6 is 0 Å². The molecule has 2 aromatic rings. The molecule has 1 aliphatic rings. The van der Waals surface area contributed by atoms with Gasteiger partial charge in [0, 0.05) is 19.3 Å². The number of methoxy groups -OCH3 is 1. The van der Waals surface area contributed by atoms with Gasteiger partial charge in [-0.25, -0.2) is 9.78 Å². The number of hydrogen-bond donors (Lipinski definition) is 0. The van der Waals surface area contributed by atoms with Gasteiger partial charge in [0.15, 0.2) is 0 Å². The maximum Gasteiger partial charge on any atom is 0.373 e. The minimum Gasteiger partial charge on any atom is -0.466 e. The van der Waals surface area contributed by atoms with Crippen molar-refractivity contribution in [2.75, 3.05) is 31.7 Å². The van der Waals surface area contributed by atoms with Gasteiger partial charge >= 0.3 is 23.5 Å². The fraction of sp³-hybridized carbons (Fsp3) is 0.421. The molecule has 31 heavy (non-hydrogen) atoms. The van der Waals surface area contributed by atoms with Crippen LogP contribution in [-0.4, -0.2) is 58.6 Å². The summed E-state index contributed by atoms with van der Waals surface area (Å²) in [5.41, 5.74) is -0.293. The standard InChI is InChI=1S/C19H21N5O7/c1-3-30-19(26)12-4-6-23(7-5-12)16-15(24(27)28)17(22-11-21-16)31-14-8-13(9-20-10-14)18(25)29-2/h8-12H,3-7H2,1-2H3. The van der Waals surface area contributed by atoms with Gasteiger partial charge in [-0.3, -0.25) is 19.9 Å². The highest BCUT2D eigenvalue weighted by molar-refractivity contribution is 5.89. The van der Waals surface area contributed by atoms with Crippen molar-refractivity contribution in [1.29, 1.82) is 0 Å². The third kappa shape index (κ3) is 5.02. The highest BCUT2D eigenvalue weighted by Gasteiger charge is 2.33. The summed E-state index contributed by atoms with van der Waals surface area (Å²) >= 11 is 0. The number of anilines is 1. The molecule has 1 aliphatic heterocycles. The van der Waals surface area contributed by atoms with Crippen LogP contribution in [0, 0.1) is 16.0 Å². The summed E-state index contributed by atoms with van der Waals surface area (Å²) < 4.78 is 15.3. The average Bonchev–Trinajstić information content (AvgIpc) is 2.78. The fourth-order valence-corrected chi connectivity index (χ4v) is 3.22. The van der Waals surface area contributed by atoms with Gasteiger partial charge in [0.05, 0.1) is 36.3 Å². The second-order valence-electron chi connectivity index (χ2n) is 6.62. The highest BCUT2D eigenvalue weighted by Crippen LogP contribution is 2.37. The number of ether oxygens (including phenoxy) is 3. The molecule has 0 saturated carbocycles. The monoisotopic (exact) mass is 431 g/mol. The van der Waals surface area contributed by atoms with Crippen molar-refractivity contribution in [2.45, 2.75) is 19.8 Å². The number of aromatic nitrogens is 3. The summed E-state index contributed by atoms with van der Waals surface area (Å²) in [5.74, 6) is -1.25. The van der Waals surface area contributed by atoms with Crippen molar-refractivity contribution >= 4 is 23.4 Å². The predicted molar refractivity (Wildman–Crippen MR) is 106 cm³/mol. The van der Waals surface area contributed by atoms with E-state index in [1.54, 1.807) is 11.8 Å². The lowest BCUT2D eigenvalue weighted by molar-refractivity contribution is -0.385. The van der Waals surface area contributed by atoms with Crippen LogP contribution in [0.15, 0.2) is 24.8 Å². The van der Waals surface area contributed by atoms with Crippen molar-refractivity contribution in [3.63, 3.8) is 0 Å². The Morgan fingerprint density at radius 3 is 2.65 bits per heavy atom. The fourth-order valence-electron chi connectivity index (χ4n) is 3.22. The number of rotatable bonds is 7. The van der Waals surface area contributed by atoms with Gasteiger partial charge in [-0.15, -0.1) is 0 Å². The average molecular weight is 431 g/mol. The minimum absolute atomic E-state index is 0.0802. The molecular formula is C19H21N5O7. The lowest BCUT2D eigenvalue weighted by atomic mass is 9.97. The Morgan fingerprint density at radius 2 is 2.00 bits per heavy atom. The van der Waals surface area contributed by atoms with E-state index >= 15 is 0 Å². The highest BCUT2D eigenvalue weighted by atomic mass is 16.6. The van der Waals surface area contributed by atoms with Crippen LogP contribution in [0.1, 0.15) is 30.1 Å². The Bertz CT molecular complexity index is 976. The van der Waals surface area contributed by atoms with Crippen LogP contribution in [-0.2, 0) is 14.3 Å². The van der Waals surface area contributed by atoms with Gasteiger partial charge in [-0.1, -0.05) is 0 Å². The van der Waals surface area contributed by atoms with Crippen molar-refractivity contribution in [1.82, 2.24) is 15.0 Å². The zero-order chi connectivity index (χ0) is 22.4. The van der Waals surface area contributed by atoms with E-state index in [9.17, 15) is 19.7 Å². The van der Waals surface area contributed by atoms with Crippen LogP contribution in [0.3, 0.4) is 0 Å². The van der Waals surface area contributed by atoms with Crippen LogP contribution in [0.2, 0.25) is 0 Å². The van der Waals surface area contributed by atoms with Gasteiger partial charge in [-0.2, -0.15) is 4.98 Å². The van der Waals surface area contributed by atoms with E-state index in [4.69, 9.17) is 9.47 Å². The molecule has 12 heteroatoms. The summed E-state index contributed by atoms with van der Waals surface area (Å²) in [6.07, 6.45) is 4.71. The van der Waals surface area contributed by atoms with E-state index in [0.717, 1.165) is 6.33 Å². The molecule has 0 unspecified atom stereocenters. The molecule has 3 rings (SSSR count). The molecule has 2 aromatic heterocycles. The van der Waals surface area contributed by atoms with Gasteiger partial charge in [0.25, 0.3) is 0 Å². The Labute approximate surface area is 177 Å². The molecule has 0 aliphatic carbocycles. The number of esters is 2. The molecule has 12 nitrogen and oxygen atoms in total. The number of piperidine rings is 1. The summed E-state index contributed by atoms with van der Waals surface area (Å²) in [5, 5.41) is 11.8.